The van der Waals surface area contributed by atoms with E-state index in [-0.39, 0.29) is 30.1 Å². The summed E-state index contributed by atoms with van der Waals surface area (Å²) in [5.41, 5.74) is -0.715. The second-order valence-corrected chi connectivity index (χ2v) is 6.90. The monoisotopic (exact) mass is 274 g/mol. The zero-order valence-electron chi connectivity index (χ0n) is 10.0. The lowest BCUT2D eigenvalue weighted by Crippen LogP contribution is -2.32. The fraction of sp³-hybridized carbons (Fsp3) is 0.500. The van der Waals surface area contributed by atoms with Gasteiger partial charge in [-0.15, -0.1) is 0 Å². The first-order valence-corrected chi connectivity index (χ1v) is 7.41. The first kappa shape index (κ1) is 13.3. The average Bonchev–Trinajstić information content (AvgIpc) is 2.53. The van der Waals surface area contributed by atoms with Gasteiger partial charge in [-0.05, 0) is 24.1 Å². The van der Waals surface area contributed by atoms with Gasteiger partial charge in [-0.25, -0.2) is 12.8 Å². The second-order valence-electron chi connectivity index (χ2n) is 4.71. The second kappa shape index (κ2) is 4.51. The van der Waals surface area contributed by atoms with Crippen molar-refractivity contribution in [1.82, 2.24) is 0 Å². The van der Waals surface area contributed by atoms with Gasteiger partial charge in [0.1, 0.15) is 0 Å². The van der Waals surface area contributed by atoms with E-state index in [0.717, 1.165) is 0 Å². The van der Waals surface area contributed by atoms with Crippen molar-refractivity contribution in [3.05, 3.63) is 29.6 Å². The van der Waals surface area contributed by atoms with Gasteiger partial charge in [0.05, 0.1) is 24.2 Å². The molecule has 1 aromatic carbocycles. The maximum absolute atomic E-state index is 13.5. The van der Waals surface area contributed by atoms with E-state index < -0.39 is 21.3 Å². The Morgan fingerprint density at radius 3 is 2.72 bits per heavy atom. The molecule has 1 aromatic rings. The van der Waals surface area contributed by atoms with Crippen molar-refractivity contribution in [1.29, 1.82) is 0 Å². The molecule has 18 heavy (non-hydrogen) atoms. The molecule has 0 aromatic heterocycles. The van der Waals surface area contributed by atoms with Crippen LogP contribution in [-0.2, 0) is 16.3 Å². The molecule has 1 aliphatic rings. The highest BCUT2D eigenvalue weighted by molar-refractivity contribution is 7.91. The molecule has 100 valence electrons. The molecular formula is C12H15FO4S. The van der Waals surface area contributed by atoms with Crippen LogP contribution >= 0.6 is 0 Å². The summed E-state index contributed by atoms with van der Waals surface area (Å²) in [7, 11) is -1.80. The van der Waals surface area contributed by atoms with Gasteiger partial charge in [0.15, 0.2) is 21.4 Å². The van der Waals surface area contributed by atoms with Crippen LogP contribution < -0.4 is 4.74 Å². The molecule has 6 heteroatoms. The Kier molecular flexibility index (Phi) is 3.33. The number of benzene rings is 1. The molecule has 1 saturated heterocycles. The summed E-state index contributed by atoms with van der Waals surface area (Å²) < 4.78 is 41.0. The van der Waals surface area contributed by atoms with Crippen LogP contribution in [0, 0.1) is 5.82 Å². The van der Waals surface area contributed by atoms with Crippen molar-refractivity contribution in [2.24, 2.45) is 0 Å². The lowest BCUT2D eigenvalue weighted by Gasteiger charge is -2.20. The van der Waals surface area contributed by atoms with Crippen molar-refractivity contribution in [2.45, 2.75) is 18.4 Å². The molecule has 0 saturated carbocycles. The first-order chi connectivity index (χ1) is 8.34. The standard InChI is InChI=1S/C12H15FO4S/c1-17-11-3-2-9(6-10(11)13)7-12(14)4-5-18(15,16)8-12/h2-3,6,14H,4-5,7-8H2,1H3. The van der Waals surface area contributed by atoms with Gasteiger partial charge >= 0.3 is 0 Å². The fourth-order valence-corrected chi connectivity index (χ4v) is 4.14. The number of sulfone groups is 1. The minimum atomic E-state index is -3.17. The fourth-order valence-electron chi connectivity index (χ4n) is 2.24. The zero-order valence-corrected chi connectivity index (χ0v) is 10.8. The minimum Gasteiger partial charge on any atom is -0.494 e. The Morgan fingerprint density at radius 1 is 1.50 bits per heavy atom. The molecule has 0 bridgehead atoms. The van der Waals surface area contributed by atoms with E-state index in [2.05, 4.69) is 0 Å². The summed E-state index contributed by atoms with van der Waals surface area (Å²) in [6, 6.07) is 4.37. The van der Waals surface area contributed by atoms with E-state index in [4.69, 9.17) is 4.74 Å². The molecular weight excluding hydrogens is 259 g/mol. The summed E-state index contributed by atoms with van der Waals surface area (Å²) in [5, 5.41) is 10.2. The molecule has 0 spiro atoms. The minimum absolute atomic E-state index is 0.0118. The quantitative estimate of drug-likeness (QED) is 0.890. The lowest BCUT2D eigenvalue weighted by molar-refractivity contribution is 0.0681. The van der Waals surface area contributed by atoms with E-state index in [0.29, 0.717) is 5.56 Å². The largest absolute Gasteiger partial charge is 0.494 e. The third-order valence-electron chi connectivity index (χ3n) is 3.12. The van der Waals surface area contributed by atoms with Gasteiger partial charge in [-0.3, -0.25) is 0 Å². The van der Waals surface area contributed by atoms with Crippen LogP contribution in [0.15, 0.2) is 18.2 Å². The molecule has 0 amide bonds. The Balaban J connectivity index is 2.17. The summed E-state index contributed by atoms with van der Waals surface area (Å²) in [6.45, 7) is 0. The Bertz CT molecular complexity index is 555. The topological polar surface area (TPSA) is 63.6 Å². The van der Waals surface area contributed by atoms with E-state index >= 15 is 0 Å². The summed E-state index contributed by atoms with van der Waals surface area (Å²) in [4.78, 5) is 0. The SMILES string of the molecule is COc1ccc(CC2(O)CCS(=O)(=O)C2)cc1F. The Morgan fingerprint density at radius 2 is 2.22 bits per heavy atom. The molecule has 0 aliphatic carbocycles. The number of hydrogen-bond acceptors (Lipinski definition) is 4. The molecule has 1 atom stereocenters. The highest BCUT2D eigenvalue weighted by Crippen LogP contribution is 2.28. The van der Waals surface area contributed by atoms with E-state index in [1.165, 1.54) is 19.2 Å². The van der Waals surface area contributed by atoms with Gasteiger partial charge in [-0.2, -0.15) is 0 Å². The summed E-state index contributed by atoms with van der Waals surface area (Å²) in [6.07, 6.45) is 0.329. The third-order valence-corrected chi connectivity index (χ3v) is 4.92. The van der Waals surface area contributed by atoms with Crippen molar-refractivity contribution < 1.29 is 22.7 Å². The molecule has 1 aliphatic heterocycles. The first-order valence-electron chi connectivity index (χ1n) is 5.59. The maximum atomic E-state index is 13.5. The number of hydrogen-bond donors (Lipinski definition) is 1. The lowest BCUT2D eigenvalue weighted by atomic mass is 9.94. The zero-order chi connectivity index (χ0) is 13.4. The van der Waals surface area contributed by atoms with Crippen LogP contribution in [0.3, 0.4) is 0 Å². The number of aliphatic hydroxyl groups is 1. The Labute approximate surface area is 105 Å². The van der Waals surface area contributed by atoms with Crippen LogP contribution in [0.1, 0.15) is 12.0 Å². The third kappa shape index (κ3) is 2.81. The summed E-state index contributed by atoms with van der Waals surface area (Å²) in [5.74, 6) is -0.653. The van der Waals surface area contributed by atoms with Crippen molar-refractivity contribution in [3.63, 3.8) is 0 Å². The number of rotatable bonds is 3. The predicted octanol–water partition coefficient (Wildman–Crippen LogP) is 0.926. The molecule has 2 rings (SSSR count). The molecule has 1 unspecified atom stereocenters. The van der Waals surface area contributed by atoms with Gasteiger partial charge in [-0.1, -0.05) is 6.07 Å². The molecule has 1 heterocycles. The predicted molar refractivity (Wildman–Crippen MR) is 64.9 cm³/mol. The van der Waals surface area contributed by atoms with Crippen molar-refractivity contribution in [3.8, 4) is 5.75 Å². The number of methoxy groups -OCH3 is 1. The van der Waals surface area contributed by atoms with E-state index in [1.54, 1.807) is 6.07 Å². The Hall–Kier alpha value is -1.14. The molecule has 0 radical (unpaired) electrons. The highest BCUT2D eigenvalue weighted by Gasteiger charge is 2.40. The maximum Gasteiger partial charge on any atom is 0.165 e. The van der Waals surface area contributed by atoms with Crippen LogP contribution in [0.4, 0.5) is 4.39 Å². The van der Waals surface area contributed by atoms with Crippen LogP contribution in [0.5, 0.6) is 5.75 Å². The van der Waals surface area contributed by atoms with Gasteiger partial charge in [0, 0.05) is 6.42 Å². The number of halogens is 1. The smallest absolute Gasteiger partial charge is 0.165 e. The van der Waals surface area contributed by atoms with E-state index in [1.807, 2.05) is 0 Å². The average molecular weight is 274 g/mol. The van der Waals surface area contributed by atoms with Crippen molar-refractivity contribution in [2.75, 3.05) is 18.6 Å². The van der Waals surface area contributed by atoms with Crippen LogP contribution in [-0.4, -0.2) is 37.7 Å². The van der Waals surface area contributed by atoms with Crippen LogP contribution in [0.25, 0.3) is 0 Å². The van der Waals surface area contributed by atoms with Crippen molar-refractivity contribution >= 4 is 9.84 Å². The van der Waals surface area contributed by atoms with Gasteiger partial charge in [0.2, 0.25) is 0 Å². The van der Waals surface area contributed by atoms with E-state index in [9.17, 15) is 17.9 Å². The molecule has 1 N–H and O–H groups in total. The molecule has 4 nitrogen and oxygen atoms in total. The van der Waals surface area contributed by atoms with Crippen LogP contribution in [0.2, 0.25) is 0 Å². The van der Waals surface area contributed by atoms with Gasteiger partial charge in [0.25, 0.3) is 0 Å². The highest BCUT2D eigenvalue weighted by atomic mass is 32.2. The normalized spacial score (nSPS) is 26.2. The van der Waals surface area contributed by atoms with Gasteiger partial charge < -0.3 is 9.84 Å². The summed E-state index contributed by atoms with van der Waals surface area (Å²) >= 11 is 0. The molecule has 1 fully saturated rings. The number of ether oxygens (including phenoxy) is 1.